The number of hydrogen-bond acceptors (Lipinski definition) is 4. The molecule has 0 saturated heterocycles. The fraction of sp³-hybridized carbons (Fsp3) is 0.429. The van der Waals surface area contributed by atoms with E-state index in [-0.39, 0.29) is 18.4 Å². The van der Waals surface area contributed by atoms with Gasteiger partial charge < -0.3 is 15.4 Å². The molecule has 0 atom stereocenters. The molecule has 1 aromatic rings. The minimum absolute atomic E-state index is 0.0315. The second-order valence-electron chi connectivity index (χ2n) is 4.45. The van der Waals surface area contributed by atoms with Crippen molar-refractivity contribution in [2.75, 3.05) is 26.3 Å². The zero-order valence-corrected chi connectivity index (χ0v) is 12.6. The number of amides is 2. The van der Waals surface area contributed by atoms with Gasteiger partial charge in [0, 0.05) is 11.4 Å². The van der Waals surface area contributed by atoms with Gasteiger partial charge in [0.05, 0.1) is 24.6 Å². The van der Waals surface area contributed by atoms with Crippen LogP contribution in [0.3, 0.4) is 0 Å². The Morgan fingerprint density at radius 3 is 2.70 bits per heavy atom. The molecule has 20 heavy (non-hydrogen) atoms. The first-order chi connectivity index (χ1) is 9.49. The van der Waals surface area contributed by atoms with Crippen LogP contribution in [-0.2, 0) is 9.53 Å². The number of ether oxygens (including phenoxy) is 1. The Morgan fingerprint density at radius 1 is 1.35 bits per heavy atom. The maximum atomic E-state index is 11.7. The first-order valence-electron chi connectivity index (χ1n) is 6.32. The van der Waals surface area contributed by atoms with Crippen LogP contribution in [-0.4, -0.2) is 38.1 Å². The van der Waals surface area contributed by atoms with Gasteiger partial charge in [-0.05, 0) is 26.0 Å². The van der Waals surface area contributed by atoms with Crippen LogP contribution in [0.5, 0.6) is 0 Å². The van der Waals surface area contributed by atoms with E-state index in [1.165, 1.54) is 11.3 Å². The van der Waals surface area contributed by atoms with E-state index < -0.39 is 0 Å². The molecule has 0 spiro atoms. The number of rotatable bonds is 8. The van der Waals surface area contributed by atoms with E-state index in [1.54, 1.807) is 6.07 Å². The summed E-state index contributed by atoms with van der Waals surface area (Å²) in [6.07, 6.45) is 0. The van der Waals surface area contributed by atoms with Gasteiger partial charge in [-0.2, -0.15) is 0 Å². The van der Waals surface area contributed by atoms with Crippen molar-refractivity contribution in [2.24, 2.45) is 0 Å². The van der Waals surface area contributed by atoms with Crippen LogP contribution in [0, 0.1) is 6.92 Å². The number of carbonyl (C=O) groups excluding carboxylic acids is 2. The molecule has 2 N–H and O–H groups in total. The normalized spacial score (nSPS) is 10.1. The molecule has 0 radical (unpaired) electrons. The summed E-state index contributed by atoms with van der Waals surface area (Å²) < 4.78 is 5.24. The molecule has 0 aliphatic carbocycles. The Morgan fingerprint density at radius 2 is 2.10 bits per heavy atom. The van der Waals surface area contributed by atoms with Crippen molar-refractivity contribution >= 4 is 23.2 Å². The van der Waals surface area contributed by atoms with Gasteiger partial charge in [0.25, 0.3) is 5.91 Å². The van der Waals surface area contributed by atoms with Crippen LogP contribution in [0.2, 0.25) is 0 Å². The monoisotopic (exact) mass is 296 g/mol. The Kier molecular flexibility index (Phi) is 6.97. The highest BCUT2D eigenvalue weighted by Crippen LogP contribution is 2.14. The van der Waals surface area contributed by atoms with Gasteiger partial charge in [-0.25, -0.2) is 0 Å². The van der Waals surface area contributed by atoms with Crippen LogP contribution in [0.1, 0.15) is 21.5 Å². The highest BCUT2D eigenvalue weighted by Gasteiger charge is 2.09. The van der Waals surface area contributed by atoms with Gasteiger partial charge in [-0.3, -0.25) is 9.59 Å². The van der Waals surface area contributed by atoms with Gasteiger partial charge in [0.1, 0.15) is 0 Å². The predicted octanol–water partition coefficient (Wildman–Crippen LogP) is 1.50. The van der Waals surface area contributed by atoms with E-state index in [2.05, 4.69) is 17.2 Å². The summed E-state index contributed by atoms with van der Waals surface area (Å²) in [5.74, 6) is -0.456. The molecule has 0 fully saturated rings. The van der Waals surface area contributed by atoms with E-state index in [9.17, 15) is 9.59 Å². The number of carbonyl (C=O) groups is 2. The van der Waals surface area contributed by atoms with Crippen LogP contribution in [0.15, 0.2) is 24.3 Å². The summed E-state index contributed by atoms with van der Waals surface area (Å²) >= 11 is 1.40. The molecule has 6 heteroatoms. The zero-order chi connectivity index (χ0) is 15.0. The Labute approximate surface area is 123 Å². The summed E-state index contributed by atoms with van der Waals surface area (Å²) in [5.41, 5.74) is 0.940. The minimum atomic E-state index is -0.231. The highest BCUT2D eigenvalue weighted by atomic mass is 32.1. The molecule has 0 bridgehead atoms. The third kappa shape index (κ3) is 6.49. The first kappa shape index (κ1) is 16.4. The topological polar surface area (TPSA) is 67.4 Å². The lowest BCUT2D eigenvalue weighted by atomic mass is 10.4. The fourth-order valence-electron chi connectivity index (χ4n) is 1.38. The number of nitrogens with one attached hydrogen (secondary N) is 2. The summed E-state index contributed by atoms with van der Waals surface area (Å²) in [6, 6.07) is 3.62. The quantitative estimate of drug-likeness (QED) is 0.564. The van der Waals surface area contributed by atoms with E-state index >= 15 is 0 Å². The fourth-order valence-corrected chi connectivity index (χ4v) is 2.16. The van der Waals surface area contributed by atoms with Crippen LogP contribution in [0.25, 0.3) is 0 Å². The summed E-state index contributed by atoms with van der Waals surface area (Å²) in [7, 11) is 0. The molecule has 0 aromatic carbocycles. The third-order valence-electron chi connectivity index (χ3n) is 2.29. The molecule has 2 amide bonds. The van der Waals surface area contributed by atoms with Crippen LogP contribution in [0.4, 0.5) is 0 Å². The lowest BCUT2D eigenvalue weighted by Crippen LogP contribution is -2.38. The van der Waals surface area contributed by atoms with Crippen molar-refractivity contribution in [1.29, 1.82) is 0 Å². The van der Waals surface area contributed by atoms with Crippen molar-refractivity contribution in [3.05, 3.63) is 34.0 Å². The summed E-state index contributed by atoms with van der Waals surface area (Å²) in [4.78, 5) is 24.9. The summed E-state index contributed by atoms with van der Waals surface area (Å²) in [6.45, 7) is 8.82. The molecule has 110 valence electrons. The maximum Gasteiger partial charge on any atom is 0.261 e. The molecule has 0 unspecified atom stereocenters. The molecule has 0 aliphatic rings. The van der Waals surface area contributed by atoms with Crippen molar-refractivity contribution < 1.29 is 14.3 Å². The molecule has 0 aliphatic heterocycles. The first-order valence-corrected chi connectivity index (χ1v) is 7.14. The third-order valence-corrected chi connectivity index (χ3v) is 3.29. The smallest absolute Gasteiger partial charge is 0.261 e. The van der Waals surface area contributed by atoms with Crippen molar-refractivity contribution in [2.45, 2.75) is 13.8 Å². The highest BCUT2D eigenvalue weighted by molar-refractivity contribution is 7.13. The number of aryl methyl sites for hydroxylation is 1. The van der Waals surface area contributed by atoms with Gasteiger partial charge >= 0.3 is 0 Å². The molecular weight excluding hydrogens is 276 g/mol. The summed E-state index contributed by atoms with van der Waals surface area (Å²) in [5, 5.41) is 5.24. The SMILES string of the molecule is C=C(C)COCCNC(=O)CNC(=O)c1ccc(C)s1. The van der Waals surface area contributed by atoms with Gasteiger partial charge in [0.2, 0.25) is 5.91 Å². The van der Waals surface area contributed by atoms with E-state index in [1.807, 2.05) is 19.9 Å². The second-order valence-corrected chi connectivity index (χ2v) is 5.74. The molecule has 1 heterocycles. The Hall–Kier alpha value is -1.66. The van der Waals surface area contributed by atoms with Gasteiger partial charge in [-0.15, -0.1) is 11.3 Å². The van der Waals surface area contributed by atoms with E-state index in [0.29, 0.717) is 24.6 Å². The van der Waals surface area contributed by atoms with Gasteiger partial charge in [0.15, 0.2) is 0 Å². The van der Waals surface area contributed by atoms with Crippen LogP contribution >= 0.6 is 11.3 Å². The Balaban J connectivity index is 2.13. The van der Waals surface area contributed by atoms with Crippen molar-refractivity contribution in [3.8, 4) is 0 Å². The number of thiophene rings is 1. The van der Waals surface area contributed by atoms with E-state index in [4.69, 9.17) is 4.74 Å². The van der Waals surface area contributed by atoms with E-state index in [0.717, 1.165) is 10.5 Å². The zero-order valence-electron chi connectivity index (χ0n) is 11.8. The van der Waals surface area contributed by atoms with Crippen LogP contribution < -0.4 is 10.6 Å². The Bertz CT molecular complexity index is 483. The lowest BCUT2D eigenvalue weighted by molar-refractivity contribution is -0.120. The number of hydrogen-bond donors (Lipinski definition) is 2. The average Bonchev–Trinajstić information content (AvgIpc) is 2.82. The maximum absolute atomic E-state index is 11.7. The molecule has 5 nitrogen and oxygen atoms in total. The standard InChI is InChI=1S/C14H20N2O3S/c1-10(2)9-19-7-6-15-13(17)8-16-14(18)12-5-4-11(3)20-12/h4-5H,1,6-9H2,2-3H3,(H,15,17)(H,16,18). The predicted molar refractivity (Wildman–Crippen MR) is 80.0 cm³/mol. The van der Waals surface area contributed by atoms with Gasteiger partial charge in [-0.1, -0.05) is 12.2 Å². The minimum Gasteiger partial charge on any atom is -0.375 e. The lowest BCUT2D eigenvalue weighted by Gasteiger charge is -2.07. The van der Waals surface area contributed by atoms with Crippen molar-refractivity contribution in [1.82, 2.24) is 10.6 Å². The average molecular weight is 296 g/mol. The largest absolute Gasteiger partial charge is 0.375 e. The van der Waals surface area contributed by atoms with Crippen molar-refractivity contribution in [3.63, 3.8) is 0 Å². The molecular formula is C14H20N2O3S. The molecule has 0 saturated carbocycles. The molecule has 1 rings (SSSR count). The molecule has 1 aromatic heterocycles. The second kappa shape index (κ2) is 8.50.